The van der Waals surface area contributed by atoms with Gasteiger partial charge in [0, 0.05) is 0 Å². The summed E-state index contributed by atoms with van der Waals surface area (Å²) < 4.78 is 5.05. The van der Waals surface area contributed by atoms with Crippen molar-refractivity contribution in [1.82, 2.24) is 9.97 Å². The van der Waals surface area contributed by atoms with Crippen LogP contribution in [0.3, 0.4) is 0 Å². The van der Waals surface area contributed by atoms with Crippen LogP contribution in [0.25, 0.3) is 11.6 Å². The summed E-state index contributed by atoms with van der Waals surface area (Å²) in [7, 11) is 0. The summed E-state index contributed by atoms with van der Waals surface area (Å²) in [6.07, 6.45) is 3.07. The van der Waals surface area contributed by atoms with Gasteiger partial charge in [-0.1, -0.05) is 6.07 Å². The minimum atomic E-state index is 0.464. The topological polar surface area (TPSA) is 64.9 Å². The number of rotatable bonds is 1. The number of nitrogen functional groups attached to an aromatic ring is 1. The number of nitrogens with zero attached hydrogens (tertiary/aromatic N) is 2. The van der Waals surface area contributed by atoms with E-state index in [1.165, 1.54) is 6.26 Å². The normalized spacial score (nSPS) is 10.0. The number of oxazole rings is 1. The first-order valence-corrected chi connectivity index (χ1v) is 3.48. The van der Waals surface area contributed by atoms with Crippen LogP contribution in [0.4, 0.5) is 5.82 Å². The van der Waals surface area contributed by atoms with Gasteiger partial charge in [-0.25, -0.2) is 9.97 Å². The van der Waals surface area contributed by atoms with Gasteiger partial charge in [-0.05, 0) is 12.1 Å². The van der Waals surface area contributed by atoms with Crippen molar-refractivity contribution in [2.45, 2.75) is 0 Å². The molecule has 60 valence electrons. The van der Waals surface area contributed by atoms with Gasteiger partial charge in [-0.3, -0.25) is 0 Å². The first-order chi connectivity index (χ1) is 5.86. The van der Waals surface area contributed by atoms with E-state index in [1.54, 1.807) is 18.3 Å². The van der Waals surface area contributed by atoms with Crippen molar-refractivity contribution in [3.8, 4) is 11.6 Å². The summed E-state index contributed by atoms with van der Waals surface area (Å²) in [5.41, 5.74) is 6.14. The molecule has 0 amide bonds. The number of nitrogens with two attached hydrogens (primary N) is 1. The molecule has 0 aliphatic rings. The fourth-order valence-electron chi connectivity index (χ4n) is 0.921. The number of pyridine rings is 1. The lowest BCUT2D eigenvalue weighted by molar-refractivity contribution is 0.572. The molecule has 2 N–H and O–H groups in total. The van der Waals surface area contributed by atoms with Crippen LogP contribution in [0.2, 0.25) is 0 Å². The zero-order valence-electron chi connectivity index (χ0n) is 6.27. The maximum absolute atomic E-state index is 5.48. The monoisotopic (exact) mass is 161 g/mol. The molecule has 0 radical (unpaired) electrons. The minimum absolute atomic E-state index is 0.464. The van der Waals surface area contributed by atoms with E-state index >= 15 is 0 Å². The molecule has 0 saturated heterocycles. The van der Waals surface area contributed by atoms with Gasteiger partial charge in [0.05, 0.1) is 6.20 Å². The Hall–Kier alpha value is -1.84. The van der Waals surface area contributed by atoms with Crippen LogP contribution in [0.5, 0.6) is 0 Å². The molecule has 0 atom stereocenters. The van der Waals surface area contributed by atoms with Gasteiger partial charge in [0.15, 0.2) is 0 Å². The van der Waals surface area contributed by atoms with Crippen molar-refractivity contribution in [3.05, 3.63) is 30.7 Å². The van der Waals surface area contributed by atoms with Crippen LogP contribution >= 0.6 is 0 Å². The second kappa shape index (κ2) is 2.65. The highest BCUT2D eigenvalue weighted by Gasteiger charge is 2.02. The molecule has 2 heterocycles. The van der Waals surface area contributed by atoms with Crippen LogP contribution < -0.4 is 5.73 Å². The predicted octanol–water partition coefficient (Wildman–Crippen LogP) is 1.32. The second-order valence-electron chi connectivity index (χ2n) is 2.28. The molecule has 0 unspecified atom stereocenters. The van der Waals surface area contributed by atoms with Gasteiger partial charge in [0.25, 0.3) is 0 Å². The Morgan fingerprint density at radius 3 is 2.92 bits per heavy atom. The van der Waals surface area contributed by atoms with Crippen molar-refractivity contribution in [1.29, 1.82) is 0 Å². The van der Waals surface area contributed by atoms with Crippen LogP contribution in [0.15, 0.2) is 35.1 Å². The third kappa shape index (κ3) is 1.14. The van der Waals surface area contributed by atoms with E-state index in [9.17, 15) is 0 Å². The van der Waals surface area contributed by atoms with Crippen LogP contribution in [0, 0.1) is 0 Å². The van der Waals surface area contributed by atoms with E-state index in [1.807, 2.05) is 6.07 Å². The van der Waals surface area contributed by atoms with Crippen LogP contribution in [-0.2, 0) is 0 Å². The lowest BCUT2D eigenvalue weighted by atomic mass is 10.3. The van der Waals surface area contributed by atoms with E-state index in [0.29, 0.717) is 17.4 Å². The summed E-state index contributed by atoms with van der Waals surface area (Å²) in [5.74, 6) is 0.952. The number of aromatic nitrogens is 2. The maximum Gasteiger partial charge on any atom is 0.245 e. The number of anilines is 1. The zero-order chi connectivity index (χ0) is 8.39. The maximum atomic E-state index is 5.48. The van der Waals surface area contributed by atoms with E-state index in [2.05, 4.69) is 9.97 Å². The molecule has 0 aliphatic carbocycles. The molecule has 2 aromatic rings. The average molecular weight is 161 g/mol. The van der Waals surface area contributed by atoms with E-state index in [-0.39, 0.29) is 0 Å². The summed E-state index contributed by atoms with van der Waals surface area (Å²) in [5, 5.41) is 0. The van der Waals surface area contributed by atoms with Gasteiger partial charge in [0.2, 0.25) is 5.89 Å². The quantitative estimate of drug-likeness (QED) is 0.685. The lowest BCUT2D eigenvalue weighted by Gasteiger charge is -1.94. The summed E-state index contributed by atoms with van der Waals surface area (Å²) >= 11 is 0. The third-order valence-electron chi connectivity index (χ3n) is 1.42. The fraction of sp³-hybridized carbons (Fsp3) is 0. The molecule has 0 bridgehead atoms. The Labute approximate surface area is 69.1 Å². The van der Waals surface area contributed by atoms with E-state index in [4.69, 9.17) is 10.2 Å². The minimum Gasteiger partial charge on any atom is -0.443 e. The molecule has 2 rings (SSSR count). The lowest BCUT2D eigenvalue weighted by Crippen LogP contribution is -1.90. The number of hydrogen-bond donors (Lipinski definition) is 1. The first-order valence-electron chi connectivity index (χ1n) is 3.48. The summed E-state index contributed by atoms with van der Waals surface area (Å²) in [4.78, 5) is 7.98. The SMILES string of the molecule is Nc1cccc(-c2ncco2)n1. The van der Waals surface area contributed by atoms with Crippen molar-refractivity contribution in [2.75, 3.05) is 5.73 Å². The first kappa shape index (κ1) is 6.84. The van der Waals surface area contributed by atoms with Gasteiger partial charge in [0.1, 0.15) is 17.8 Å². The molecule has 4 heteroatoms. The average Bonchev–Trinajstić information content (AvgIpc) is 2.56. The number of hydrogen-bond acceptors (Lipinski definition) is 4. The molecule has 0 aromatic carbocycles. The second-order valence-corrected chi connectivity index (χ2v) is 2.28. The van der Waals surface area contributed by atoms with Crippen molar-refractivity contribution < 1.29 is 4.42 Å². The molecule has 0 aliphatic heterocycles. The molecule has 0 fully saturated rings. The molecule has 0 saturated carbocycles. The summed E-state index contributed by atoms with van der Waals surface area (Å²) in [6, 6.07) is 5.32. The molecule has 12 heavy (non-hydrogen) atoms. The highest BCUT2D eigenvalue weighted by atomic mass is 16.3. The van der Waals surface area contributed by atoms with E-state index < -0.39 is 0 Å². The van der Waals surface area contributed by atoms with Crippen molar-refractivity contribution in [3.63, 3.8) is 0 Å². The van der Waals surface area contributed by atoms with Gasteiger partial charge in [-0.2, -0.15) is 0 Å². The molecule has 0 spiro atoms. The molecule has 2 aromatic heterocycles. The Kier molecular flexibility index (Phi) is 1.51. The van der Waals surface area contributed by atoms with Gasteiger partial charge < -0.3 is 10.2 Å². The van der Waals surface area contributed by atoms with Crippen molar-refractivity contribution >= 4 is 5.82 Å². The molecule has 4 nitrogen and oxygen atoms in total. The largest absolute Gasteiger partial charge is 0.443 e. The predicted molar refractivity (Wildman–Crippen MR) is 44.1 cm³/mol. The third-order valence-corrected chi connectivity index (χ3v) is 1.42. The van der Waals surface area contributed by atoms with Crippen LogP contribution in [-0.4, -0.2) is 9.97 Å². The fourth-order valence-corrected chi connectivity index (χ4v) is 0.921. The Morgan fingerprint density at radius 2 is 2.25 bits per heavy atom. The Morgan fingerprint density at radius 1 is 1.33 bits per heavy atom. The highest BCUT2D eigenvalue weighted by Crippen LogP contribution is 2.14. The summed E-state index contributed by atoms with van der Waals surface area (Å²) in [6.45, 7) is 0. The Balaban J connectivity index is 2.48. The highest BCUT2D eigenvalue weighted by molar-refractivity contribution is 5.49. The molecular formula is C8H7N3O. The van der Waals surface area contributed by atoms with Gasteiger partial charge >= 0.3 is 0 Å². The Bertz CT molecular complexity index is 370. The molecular weight excluding hydrogens is 154 g/mol. The van der Waals surface area contributed by atoms with Crippen molar-refractivity contribution in [2.24, 2.45) is 0 Å². The van der Waals surface area contributed by atoms with E-state index in [0.717, 1.165) is 0 Å². The smallest absolute Gasteiger partial charge is 0.245 e. The zero-order valence-corrected chi connectivity index (χ0v) is 6.27. The standard InChI is InChI=1S/C8H7N3O/c9-7-3-1-2-6(11-7)8-10-4-5-12-8/h1-5H,(H2,9,11). The van der Waals surface area contributed by atoms with Gasteiger partial charge in [-0.15, -0.1) is 0 Å². The van der Waals surface area contributed by atoms with Crippen LogP contribution in [0.1, 0.15) is 0 Å².